The van der Waals surface area contributed by atoms with Crippen LogP contribution >= 0.6 is 11.6 Å². The highest BCUT2D eigenvalue weighted by molar-refractivity contribution is 6.30. The molecule has 2 heterocycles. The summed E-state index contributed by atoms with van der Waals surface area (Å²) >= 11 is 6.07. The Morgan fingerprint density at radius 3 is 2.33 bits per heavy atom. The average Bonchev–Trinajstić information content (AvgIpc) is 3.09. The average molecular weight is 642 g/mol. The normalized spacial score (nSPS) is 21.4. The van der Waals surface area contributed by atoms with Crippen molar-refractivity contribution < 1.29 is 24.5 Å². The molecule has 4 N–H and O–H groups in total. The minimum Gasteiger partial charge on any atom is -0.392 e. The van der Waals surface area contributed by atoms with Gasteiger partial charge < -0.3 is 35.2 Å². The Balaban J connectivity index is 1.13. The number of aliphatic hydroxyl groups excluding tert-OH is 1. The maximum absolute atomic E-state index is 12.7. The fraction of sp³-hybridized carbons (Fsp3) is 0.324. The van der Waals surface area contributed by atoms with E-state index < -0.39 is 11.9 Å². The minimum absolute atomic E-state index is 0.0176. The molecule has 9 heteroatoms. The summed E-state index contributed by atoms with van der Waals surface area (Å²) in [5.41, 5.74) is 4.33. The van der Waals surface area contributed by atoms with Crippen molar-refractivity contribution in [1.29, 1.82) is 0 Å². The predicted octanol–water partition coefficient (Wildman–Crippen LogP) is 6.68. The van der Waals surface area contributed by atoms with Crippen LogP contribution in [0, 0.1) is 0 Å². The molecule has 6 rings (SSSR count). The Labute approximate surface area is 274 Å². The molecule has 4 aromatic rings. The minimum atomic E-state index is -0.877. The second kappa shape index (κ2) is 14.8. The van der Waals surface area contributed by atoms with Crippen LogP contribution in [-0.4, -0.2) is 46.9 Å². The van der Waals surface area contributed by atoms with Gasteiger partial charge in [0.15, 0.2) is 6.29 Å². The van der Waals surface area contributed by atoms with Gasteiger partial charge in [-0.3, -0.25) is 0 Å². The van der Waals surface area contributed by atoms with Gasteiger partial charge in [0.25, 0.3) is 0 Å². The number of amides is 2. The number of carbonyl (C=O) groups is 1. The predicted molar refractivity (Wildman–Crippen MR) is 178 cm³/mol. The van der Waals surface area contributed by atoms with Crippen molar-refractivity contribution in [3.05, 3.63) is 136 Å². The van der Waals surface area contributed by atoms with Crippen LogP contribution in [0.4, 0.5) is 10.5 Å². The van der Waals surface area contributed by atoms with Gasteiger partial charge in [0.1, 0.15) is 0 Å². The number of rotatable bonds is 9. The van der Waals surface area contributed by atoms with Crippen molar-refractivity contribution in [2.45, 2.75) is 56.5 Å². The standard InChI is InChI=1S/C37H40ClN3O5/c38-31-15-13-30(14-16-31)37(44)17-19-41(20-18-37)24-33-22-34(28-11-9-27(25-42)10-12-28)46-35(45-33)29-7-4-8-32(21-29)40-36(43)39-23-26-5-2-1-3-6-26/h1-16,21,33-35,42,44H,17-20,22-25H2,(H2,39,40,43)/t33-,34+,35+/m0/s1. The van der Waals surface area contributed by atoms with Crippen molar-refractivity contribution in [2.24, 2.45) is 0 Å². The van der Waals surface area contributed by atoms with Crippen LogP contribution in [0.1, 0.15) is 59.5 Å². The number of halogens is 1. The second-order valence-electron chi connectivity index (χ2n) is 12.1. The van der Waals surface area contributed by atoms with E-state index in [1.54, 1.807) is 0 Å². The third-order valence-corrected chi connectivity index (χ3v) is 9.11. The number of hydrogen-bond donors (Lipinski definition) is 4. The number of piperidine rings is 1. The number of ether oxygens (including phenoxy) is 2. The number of nitrogens with one attached hydrogen (secondary N) is 2. The third-order valence-electron chi connectivity index (χ3n) is 8.85. The van der Waals surface area contributed by atoms with E-state index in [1.165, 1.54) is 0 Å². The van der Waals surface area contributed by atoms with Gasteiger partial charge in [-0.1, -0.05) is 90.5 Å². The van der Waals surface area contributed by atoms with Crippen molar-refractivity contribution >= 4 is 23.3 Å². The Bertz CT molecular complexity index is 1580. The molecule has 3 atom stereocenters. The van der Waals surface area contributed by atoms with Gasteiger partial charge in [-0.15, -0.1) is 0 Å². The number of benzene rings is 4. The molecule has 0 spiro atoms. The number of aliphatic hydroxyl groups is 2. The first-order valence-electron chi connectivity index (χ1n) is 15.8. The van der Waals surface area contributed by atoms with E-state index in [-0.39, 0.29) is 24.8 Å². The zero-order valence-electron chi connectivity index (χ0n) is 25.6. The van der Waals surface area contributed by atoms with E-state index in [4.69, 9.17) is 21.1 Å². The summed E-state index contributed by atoms with van der Waals surface area (Å²) in [6.45, 7) is 2.57. The van der Waals surface area contributed by atoms with Crippen LogP contribution in [0.5, 0.6) is 0 Å². The van der Waals surface area contributed by atoms with Gasteiger partial charge >= 0.3 is 6.03 Å². The molecule has 4 aromatic carbocycles. The van der Waals surface area contributed by atoms with Gasteiger partial charge in [0, 0.05) is 48.9 Å². The zero-order valence-corrected chi connectivity index (χ0v) is 26.4. The largest absolute Gasteiger partial charge is 0.392 e. The lowest BCUT2D eigenvalue weighted by atomic mass is 9.84. The summed E-state index contributed by atoms with van der Waals surface area (Å²) in [5.74, 6) is 0. The van der Waals surface area contributed by atoms with E-state index in [2.05, 4.69) is 15.5 Å². The summed E-state index contributed by atoms with van der Waals surface area (Å²) in [7, 11) is 0. The first-order chi connectivity index (χ1) is 22.4. The molecular weight excluding hydrogens is 602 g/mol. The Hall–Kier alpha value is -3.76. The van der Waals surface area contributed by atoms with E-state index in [1.807, 2.05) is 103 Å². The summed E-state index contributed by atoms with van der Waals surface area (Å²) in [6.07, 6.45) is 0.895. The topological polar surface area (TPSA) is 103 Å². The number of anilines is 1. The third kappa shape index (κ3) is 8.14. The van der Waals surface area contributed by atoms with Crippen LogP contribution in [0.2, 0.25) is 5.02 Å². The zero-order chi connectivity index (χ0) is 31.9. The monoisotopic (exact) mass is 641 g/mol. The maximum atomic E-state index is 12.7. The van der Waals surface area contributed by atoms with E-state index >= 15 is 0 Å². The molecule has 0 aliphatic carbocycles. The fourth-order valence-electron chi connectivity index (χ4n) is 6.19. The molecular formula is C37H40ClN3O5. The number of nitrogens with zero attached hydrogens (tertiary/aromatic N) is 1. The molecule has 2 aliphatic rings. The summed E-state index contributed by atoms with van der Waals surface area (Å²) < 4.78 is 13.1. The van der Waals surface area contributed by atoms with Crippen molar-refractivity contribution in [3.8, 4) is 0 Å². The molecule has 2 amide bonds. The van der Waals surface area contributed by atoms with Crippen LogP contribution in [0.25, 0.3) is 0 Å². The van der Waals surface area contributed by atoms with E-state index in [0.29, 0.717) is 43.1 Å². The first kappa shape index (κ1) is 32.2. The molecule has 8 nitrogen and oxygen atoms in total. The van der Waals surface area contributed by atoms with Gasteiger partial charge in [0.2, 0.25) is 0 Å². The van der Waals surface area contributed by atoms with Crippen molar-refractivity contribution in [1.82, 2.24) is 10.2 Å². The van der Waals surface area contributed by atoms with Crippen LogP contribution in [0.3, 0.4) is 0 Å². The molecule has 240 valence electrons. The summed E-state index contributed by atoms with van der Waals surface area (Å²) in [6, 6.07) is 32.3. The number of urea groups is 1. The van der Waals surface area contributed by atoms with Crippen LogP contribution in [0.15, 0.2) is 103 Å². The first-order valence-corrected chi connectivity index (χ1v) is 16.1. The molecule has 0 aromatic heterocycles. The van der Waals surface area contributed by atoms with Crippen molar-refractivity contribution in [2.75, 3.05) is 25.0 Å². The van der Waals surface area contributed by atoms with E-state index in [0.717, 1.165) is 40.9 Å². The Morgan fingerprint density at radius 2 is 1.61 bits per heavy atom. The highest BCUT2D eigenvalue weighted by Gasteiger charge is 2.37. The molecule has 0 bridgehead atoms. The SMILES string of the molecule is O=C(NCc1ccccc1)Nc1cccc([C@@H]2O[C@H](CN3CCC(O)(c4ccc(Cl)cc4)CC3)C[C@H](c3ccc(CO)cc3)O2)c1. The number of hydrogen-bond acceptors (Lipinski definition) is 6. The molecule has 2 fully saturated rings. The molecule has 0 unspecified atom stereocenters. The van der Waals surface area contributed by atoms with Crippen LogP contribution in [-0.2, 0) is 28.2 Å². The van der Waals surface area contributed by atoms with Gasteiger partial charge in [-0.2, -0.15) is 0 Å². The van der Waals surface area contributed by atoms with Crippen molar-refractivity contribution in [3.63, 3.8) is 0 Å². The molecule has 0 radical (unpaired) electrons. The van der Waals surface area contributed by atoms with Gasteiger partial charge in [-0.05, 0) is 59.4 Å². The lowest BCUT2D eigenvalue weighted by Crippen LogP contribution is -2.46. The van der Waals surface area contributed by atoms with Gasteiger partial charge in [-0.25, -0.2) is 4.79 Å². The Morgan fingerprint density at radius 1 is 0.870 bits per heavy atom. The quantitative estimate of drug-likeness (QED) is 0.163. The highest BCUT2D eigenvalue weighted by Crippen LogP contribution is 2.40. The molecule has 46 heavy (non-hydrogen) atoms. The molecule has 2 saturated heterocycles. The number of carbonyl (C=O) groups excluding carboxylic acids is 1. The highest BCUT2D eigenvalue weighted by atomic mass is 35.5. The summed E-state index contributed by atoms with van der Waals surface area (Å²) in [5, 5.41) is 27.4. The van der Waals surface area contributed by atoms with E-state index in [9.17, 15) is 15.0 Å². The van der Waals surface area contributed by atoms with Gasteiger partial charge in [0.05, 0.1) is 24.4 Å². The molecule has 0 saturated carbocycles. The molecule has 2 aliphatic heterocycles. The number of likely N-dealkylation sites (tertiary alicyclic amines) is 1. The lowest BCUT2D eigenvalue weighted by molar-refractivity contribution is -0.253. The summed E-state index contributed by atoms with van der Waals surface area (Å²) in [4.78, 5) is 15.0. The fourth-order valence-corrected chi connectivity index (χ4v) is 6.32. The Kier molecular flexibility index (Phi) is 10.3. The lowest BCUT2D eigenvalue weighted by Gasteiger charge is -2.42. The van der Waals surface area contributed by atoms with Crippen LogP contribution < -0.4 is 10.6 Å². The maximum Gasteiger partial charge on any atom is 0.319 e. The smallest absolute Gasteiger partial charge is 0.319 e. The second-order valence-corrected chi connectivity index (χ2v) is 12.5.